The number of nitrogens with two attached hydrogens (primary N) is 1. The van der Waals surface area contributed by atoms with E-state index < -0.39 is 0 Å². The van der Waals surface area contributed by atoms with Gasteiger partial charge in [0, 0.05) is 0 Å². The summed E-state index contributed by atoms with van der Waals surface area (Å²) in [6.07, 6.45) is 0. The van der Waals surface area contributed by atoms with Crippen LogP contribution in [0.1, 0.15) is 0 Å². The Labute approximate surface area is 83.6 Å². The summed E-state index contributed by atoms with van der Waals surface area (Å²) in [5.74, 6) is 0.482. The van der Waals surface area contributed by atoms with E-state index in [-0.39, 0.29) is 0 Å². The molecule has 0 fully saturated rings. The van der Waals surface area contributed by atoms with E-state index in [1.165, 1.54) is 0 Å². The number of nitrogen functional groups attached to an aromatic ring is 1. The number of aromatic nitrogens is 1. The molecule has 0 bridgehead atoms. The van der Waals surface area contributed by atoms with Crippen molar-refractivity contribution >= 4 is 53.6 Å². The first-order valence-corrected chi connectivity index (χ1v) is 4.76. The van der Waals surface area contributed by atoms with Crippen molar-refractivity contribution in [3.63, 3.8) is 0 Å². The molecule has 0 radical (unpaired) electrons. The van der Waals surface area contributed by atoms with Crippen molar-refractivity contribution in [1.82, 2.24) is 4.98 Å². The number of hydrogen-bond donors (Lipinski definition) is 1. The lowest BCUT2D eigenvalue weighted by Gasteiger charge is -1.98. The van der Waals surface area contributed by atoms with Gasteiger partial charge in [0.2, 0.25) is 0 Å². The monoisotopic (exact) mass is 328 g/mol. The van der Waals surface area contributed by atoms with Crippen molar-refractivity contribution in [3.05, 3.63) is 19.6 Å². The normalized spacial score (nSPS) is 9.90. The molecule has 0 unspecified atom stereocenters. The molecule has 54 valence electrons. The Hall–Kier alpha value is 0.390. The van der Waals surface area contributed by atoms with Gasteiger partial charge in [0.1, 0.15) is 10.4 Å². The Bertz CT molecular complexity index is 211. The largest absolute Gasteiger partial charge is 0.383 e. The zero-order valence-electron chi connectivity index (χ0n) is 4.74. The van der Waals surface area contributed by atoms with Crippen molar-refractivity contribution in [1.29, 1.82) is 0 Å². The molecule has 0 saturated carbocycles. The lowest BCUT2D eigenvalue weighted by Crippen LogP contribution is -1.91. The van der Waals surface area contributed by atoms with Gasteiger partial charge in [-0.05, 0) is 53.9 Å². The third-order valence-electron chi connectivity index (χ3n) is 0.914. The van der Waals surface area contributed by atoms with Gasteiger partial charge in [-0.15, -0.1) is 0 Å². The Morgan fingerprint density at radius 2 is 1.80 bits per heavy atom. The molecular formula is C5H3Br3N2. The standard InChI is InChI=1S/C5H3Br3N2/c6-2-1-3(7)5(9)10-4(2)8/h1H,(H2,9,10). The fourth-order valence-electron chi connectivity index (χ4n) is 0.457. The lowest BCUT2D eigenvalue weighted by molar-refractivity contribution is 1.25. The van der Waals surface area contributed by atoms with Crippen LogP contribution in [0.2, 0.25) is 0 Å². The fourth-order valence-corrected chi connectivity index (χ4v) is 1.71. The number of nitrogens with zero attached hydrogens (tertiary/aromatic N) is 1. The van der Waals surface area contributed by atoms with Gasteiger partial charge in [-0.25, -0.2) is 4.98 Å². The summed E-state index contributed by atoms with van der Waals surface area (Å²) >= 11 is 9.75. The van der Waals surface area contributed by atoms with Crippen molar-refractivity contribution in [2.24, 2.45) is 0 Å². The maximum atomic E-state index is 5.48. The zero-order valence-corrected chi connectivity index (χ0v) is 9.49. The zero-order chi connectivity index (χ0) is 7.72. The second kappa shape index (κ2) is 3.19. The number of halogens is 3. The van der Waals surface area contributed by atoms with Crippen molar-refractivity contribution in [2.75, 3.05) is 5.73 Å². The molecule has 0 amide bonds. The second-order valence-corrected chi connectivity index (χ2v) is 4.09. The van der Waals surface area contributed by atoms with E-state index in [1.54, 1.807) is 0 Å². The Morgan fingerprint density at radius 1 is 1.20 bits per heavy atom. The second-order valence-electron chi connectivity index (χ2n) is 1.63. The Balaban J connectivity index is 3.28. The smallest absolute Gasteiger partial charge is 0.139 e. The summed E-state index contributed by atoms with van der Waals surface area (Å²) in [4.78, 5) is 3.97. The lowest BCUT2D eigenvalue weighted by atomic mass is 10.5. The number of hydrogen-bond acceptors (Lipinski definition) is 2. The van der Waals surface area contributed by atoms with E-state index in [0.717, 1.165) is 8.95 Å². The molecule has 1 rings (SSSR count). The Morgan fingerprint density at radius 3 is 2.30 bits per heavy atom. The summed E-state index contributed by atoms with van der Waals surface area (Å²) in [7, 11) is 0. The first kappa shape index (κ1) is 8.49. The summed E-state index contributed by atoms with van der Waals surface area (Å²) in [5, 5.41) is 0. The molecule has 2 N–H and O–H groups in total. The molecule has 0 atom stereocenters. The maximum absolute atomic E-state index is 5.48. The molecule has 0 aliphatic carbocycles. The highest BCUT2D eigenvalue weighted by Crippen LogP contribution is 2.27. The first-order chi connectivity index (χ1) is 4.61. The molecule has 10 heavy (non-hydrogen) atoms. The molecule has 0 aromatic carbocycles. The highest BCUT2D eigenvalue weighted by atomic mass is 79.9. The van der Waals surface area contributed by atoms with Crippen LogP contribution in [-0.4, -0.2) is 4.98 Å². The molecule has 0 spiro atoms. The van der Waals surface area contributed by atoms with Crippen LogP contribution in [0, 0.1) is 0 Å². The predicted octanol–water partition coefficient (Wildman–Crippen LogP) is 2.95. The molecule has 0 aliphatic rings. The molecule has 5 heteroatoms. The van der Waals surface area contributed by atoms with Crippen molar-refractivity contribution < 1.29 is 0 Å². The quantitative estimate of drug-likeness (QED) is 0.743. The molecule has 0 aliphatic heterocycles. The van der Waals surface area contributed by atoms with E-state index in [1.807, 2.05) is 6.07 Å². The minimum absolute atomic E-state index is 0.482. The third kappa shape index (κ3) is 1.71. The van der Waals surface area contributed by atoms with Crippen LogP contribution in [0.15, 0.2) is 19.6 Å². The SMILES string of the molecule is Nc1nc(Br)c(Br)cc1Br. The summed E-state index contributed by atoms with van der Waals surface area (Å²) in [6, 6.07) is 1.84. The number of pyridine rings is 1. The summed E-state index contributed by atoms with van der Waals surface area (Å²) < 4.78 is 2.39. The third-order valence-corrected chi connectivity index (χ3v) is 3.29. The topological polar surface area (TPSA) is 38.9 Å². The molecule has 1 aromatic heterocycles. The highest BCUT2D eigenvalue weighted by Gasteiger charge is 2.01. The van der Waals surface area contributed by atoms with Crippen LogP contribution < -0.4 is 5.73 Å². The van der Waals surface area contributed by atoms with Gasteiger partial charge in [0.25, 0.3) is 0 Å². The van der Waals surface area contributed by atoms with Gasteiger partial charge in [-0.3, -0.25) is 0 Å². The Kier molecular flexibility index (Phi) is 2.71. The molecular weight excluding hydrogens is 328 g/mol. The van der Waals surface area contributed by atoms with E-state index in [0.29, 0.717) is 10.4 Å². The minimum atomic E-state index is 0.482. The fraction of sp³-hybridized carbons (Fsp3) is 0. The van der Waals surface area contributed by atoms with Crippen molar-refractivity contribution in [3.8, 4) is 0 Å². The number of anilines is 1. The van der Waals surface area contributed by atoms with Crippen LogP contribution in [0.3, 0.4) is 0 Å². The molecule has 1 heterocycles. The average Bonchev–Trinajstić information content (AvgIpc) is 1.84. The summed E-state index contributed by atoms with van der Waals surface area (Å²) in [6.45, 7) is 0. The van der Waals surface area contributed by atoms with Crippen molar-refractivity contribution in [2.45, 2.75) is 0 Å². The van der Waals surface area contributed by atoms with E-state index in [9.17, 15) is 0 Å². The van der Waals surface area contributed by atoms with Crippen LogP contribution in [-0.2, 0) is 0 Å². The van der Waals surface area contributed by atoms with Gasteiger partial charge in [0.05, 0.1) is 8.95 Å². The predicted molar refractivity (Wildman–Crippen MR) is 51.7 cm³/mol. The van der Waals surface area contributed by atoms with Gasteiger partial charge in [0.15, 0.2) is 0 Å². The van der Waals surface area contributed by atoms with Crippen LogP contribution in [0.25, 0.3) is 0 Å². The number of rotatable bonds is 0. The molecule has 0 saturated heterocycles. The molecule has 1 aromatic rings. The van der Waals surface area contributed by atoms with Crippen LogP contribution in [0.5, 0.6) is 0 Å². The maximum Gasteiger partial charge on any atom is 0.139 e. The van der Waals surface area contributed by atoms with Gasteiger partial charge in [-0.2, -0.15) is 0 Å². The molecule has 2 nitrogen and oxygen atoms in total. The van der Waals surface area contributed by atoms with Gasteiger partial charge in [-0.1, -0.05) is 0 Å². The van der Waals surface area contributed by atoms with E-state index in [4.69, 9.17) is 5.73 Å². The first-order valence-electron chi connectivity index (χ1n) is 2.38. The summed E-state index contributed by atoms with van der Waals surface area (Å²) in [5.41, 5.74) is 5.48. The van der Waals surface area contributed by atoms with Gasteiger partial charge >= 0.3 is 0 Å². The van der Waals surface area contributed by atoms with E-state index in [2.05, 4.69) is 52.8 Å². The van der Waals surface area contributed by atoms with Gasteiger partial charge < -0.3 is 5.73 Å². The van der Waals surface area contributed by atoms with Crippen LogP contribution in [0.4, 0.5) is 5.82 Å². The van der Waals surface area contributed by atoms with Crippen LogP contribution >= 0.6 is 47.8 Å². The van der Waals surface area contributed by atoms with E-state index >= 15 is 0 Å². The average molecular weight is 331 g/mol. The minimum Gasteiger partial charge on any atom is -0.383 e. The highest BCUT2D eigenvalue weighted by molar-refractivity contribution is 9.13.